The Hall–Kier alpha value is -0.320. The summed E-state index contributed by atoms with van der Waals surface area (Å²) >= 11 is 15.2. The van der Waals surface area contributed by atoms with Crippen LogP contribution in [0.2, 0.25) is 0 Å². The van der Waals surface area contributed by atoms with Gasteiger partial charge in [-0.1, -0.05) is 143 Å². The summed E-state index contributed by atoms with van der Waals surface area (Å²) in [6.07, 6.45) is 0. The van der Waals surface area contributed by atoms with Crippen molar-refractivity contribution in [1.82, 2.24) is 0 Å². The highest BCUT2D eigenvalue weighted by Crippen LogP contribution is 2.66. The summed E-state index contributed by atoms with van der Waals surface area (Å²) in [4.78, 5) is 0. The van der Waals surface area contributed by atoms with Crippen molar-refractivity contribution < 1.29 is 0 Å². The van der Waals surface area contributed by atoms with E-state index in [1.54, 1.807) is 0 Å². The van der Waals surface area contributed by atoms with E-state index in [4.69, 9.17) is 0 Å². The number of allylic oxidation sites excluding steroid dienone is 2. The fourth-order valence-electron chi connectivity index (χ4n) is 3.80. The highest BCUT2D eigenvalue weighted by Gasteiger charge is 2.33. The second-order valence-electron chi connectivity index (χ2n) is 7.53. The molecule has 0 aliphatic carbocycles. The molecule has 0 N–H and O–H groups in total. The molecule has 0 saturated carbocycles. The minimum absolute atomic E-state index is 1.32. The number of aryl methyl sites for hydroxylation is 2. The molecule has 0 radical (unpaired) electrons. The Morgan fingerprint density at radius 2 is 0.794 bits per heavy atom. The summed E-state index contributed by atoms with van der Waals surface area (Å²) in [7, 11) is 0. The first kappa shape index (κ1) is 24.0. The van der Waals surface area contributed by atoms with Crippen molar-refractivity contribution >= 4 is 105 Å². The number of thioether (sulfide) groups is 8. The maximum absolute atomic E-state index is 2.30. The topological polar surface area (TPSA) is 0 Å². The average Bonchev–Trinajstić information content (AvgIpc) is 3.48. The van der Waals surface area contributed by atoms with E-state index in [0.29, 0.717) is 0 Å². The first-order valence-corrected chi connectivity index (χ1v) is 17.2. The Labute approximate surface area is 234 Å². The molecule has 0 unspecified atom stereocenters. The lowest BCUT2D eigenvalue weighted by Crippen LogP contribution is -1.99. The van der Waals surface area contributed by atoms with Crippen LogP contribution in [0.5, 0.6) is 0 Å². The Morgan fingerprint density at radius 1 is 0.471 bits per heavy atom. The zero-order chi connectivity index (χ0) is 23.1. The van der Waals surface area contributed by atoms with Crippen LogP contribution in [-0.2, 0) is 0 Å². The predicted octanol–water partition coefficient (Wildman–Crippen LogP) is 11.5. The first-order valence-electron chi connectivity index (χ1n) is 10.5. The van der Waals surface area contributed by atoms with Crippen molar-refractivity contribution in [3.05, 3.63) is 118 Å². The molecule has 2 aromatic carbocycles. The van der Waals surface area contributed by atoms with Crippen LogP contribution in [0.3, 0.4) is 0 Å². The molecule has 0 fully saturated rings. The number of rotatable bonds is 3. The molecule has 0 nitrogen and oxygen atoms in total. The summed E-state index contributed by atoms with van der Waals surface area (Å²) in [6.45, 7) is 4.49. The Balaban J connectivity index is 1.58. The summed E-state index contributed by atoms with van der Waals surface area (Å²) in [6, 6.07) is 17.7. The van der Waals surface area contributed by atoms with Crippen LogP contribution in [-0.4, -0.2) is 0 Å². The quantitative estimate of drug-likeness (QED) is 0.344. The fourth-order valence-corrected chi connectivity index (χ4v) is 14.4. The molecule has 4 aliphatic rings. The van der Waals surface area contributed by atoms with Gasteiger partial charge < -0.3 is 0 Å². The van der Waals surface area contributed by atoms with Gasteiger partial charge in [0.15, 0.2) is 0 Å². The van der Waals surface area contributed by atoms with Gasteiger partial charge in [-0.2, -0.15) is 0 Å². The summed E-state index contributed by atoms with van der Waals surface area (Å²) in [5, 5.41) is 8.82. The van der Waals surface area contributed by atoms with Gasteiger partial charge in [0.05, 0.1) is 25.4 Å². The van der Waals surface area contributed by atoms with E-state index in [9.17, 15) is 0 Å². The van der Waals surface area contributed by atoms with Crippen LogP contribution in [0.1, 0.15) is 22.3 Å². The molecule has 0 bridgehead atoms. The van der Waals surface area contributed by atoms with Gasteiger partial charge >= 0.3 is 0 Å². The molecular weight excluding hydrogens is 569 g/mol. The SMILES string of the molecule is Cc1ccccc1C(=C1SC2=C(SC=CS2)S1)C(=C1SC2=C(SC=CS2)S1)c1ccccc1C. The van der Waals surface area contributed by atoms with E-state index >= 15 is 0 Å². The van der Waals surface area contributed by atoms with E-state index in [2.05, 4.69) is 84.0 Å². The molecule has 0 amide bonds. The van der Waals surface area contributed by atoms with Crippen molar-refractivity contribution in [2.24, 2.45) is 0 Å². The standard InChI is InChI=1S/C26H18S8/c1-15-7-3-5-9-17(15)19(21-31-23-24(32-21)28-12-11-27-23)20(18-10-6-4-8-16(18)2)22-33-25-26(34-22)30-14-13-29-25/h3-14H,1-2H3. The second-order valence-corrected chi connectivity index (χ2v) is 16.8. The Bertz CT molecular complexity index is 1220. The van der Waals surface area contributed by atoms with Gasteiger partial charge in [-0.3, -0.25) is 0 Å². The van der Waals surface area contributed by atoms with Gasteiger partial charge in [0.25, 0.3) is 0 Å². The largest absolute Gasteiger partial charge is 0.0884 e. The zero-order valence-corrected chi connectivity index (χ0v) is 24.7. The first-order chi connectivity index (χ1) is 16.7. The Kier molecular flexibility index (Phi) is 7.48. The molecule has 0 atom stereocenters. The molecule has 0 spiro atoms. The van der Waals surface area contributed by atoms with Gasteiger partial charge in [-0.05, 0) is 57.7 Å². The average molecular weight is 587 g/mol. The third-order valence-electron chi connectivity index (χ3n) is 5.37. The molecular formula is C26H18S8. The van der Waals surface area contributed by atoms with Crippen LogP contribution < -0.4 is 0 Å². The molecule has 2 aromatic rings. The molecule has 34 heavy (non-hydrogen) atoms. The molecule has 0 saturated heterocycles. The third kappa shape index (κ3) is 4.70. The molecule has 8 heteroatoms. The van der Waals surface area contributed by atoms with Gasteiger partial charge in [-0.25, -0.2) is 0 Å². The van der Waals surface area contributed by atoms with Crippen LogP contribution >= 0.6 is 94.1 Å². The number of hydrogen-bond donors (Lipinski definition) is 0. The van der Waals surface area contributed by atoms with E-state index in [1.807, 2.05) is 94.1 Å². The molecule has 6 rings (SSSR count). The summed E-state index contributed by atoms with van der Waals surface area (Å²) in [5.41, 5.74) is 8.03. The zero-order valence-electron chi connectivity index (χ0n) is 18.2. The predicted molar refractivity (Wildman–Crippen MR) is 169 cm³/mol. The molecule has 170 valence electrons. The van der Waals surface area contributed by atoms with Crippen molar-refractivity contribution in [3.63, 3.8) is 0 Å². The van der Waals surface area contributed by atoms with Gasteiger partial charge in [-0.15, -0.1) is 0 Å². The van der Waals surface area contributed by atoms with Crippen LogP contribution in [0, 0.1) is 13.8 Å². The lowest BCUT2D eigenvalue weighted by molar-refractivity contribution is 1.41. The number of benzene rings is 2. The molecule has 4 aliphatic heterocycles. The fraction of sp³-hybridized carbons (Fsp3) is 0.0769. The molecule has 4 heterocycles. The van der Waals surface area contributed by atoms with Gasteiger partial charge in [0.1, 0.15) is 0 Å². The summed E-state index contributed by atoms with van der Waals surface area (Å²) < 4.78 is 8.41. The van der Waals surface area contributed by atoms with E-state index in [1.165, 1.54) is 58.8 Å². The van der Waals surface area contributed by atoms with E-state index in [0.717, 1.165) is 0 Å². The minimum atomic E-state index is 1.32. The van der Waals surface area contributed by atoms with Crippen molar-refractivity contribution in [2.75, 3.05) is 0 Å². The third-order valence-corrected chi connectivity index (χ3v) is 15.8. The highest BCUT2D eigenvalue weighted by molar-refractivity contribution is 8.43. The van der Waals surface area contributed by atoms with Crippen LogP contribution in [0.25, 0.3) is 11.1 Å². The van der Waals surface area contributed by atoms with Crippen molar-refractivity contribution in [2.45, 2.75) is 13.8 Å². The van der Waals surface area contributed by atoms with Gasteiger partial charge in [0.2, 0.25) is 0 Å². The minimum Gasteiger partial charge on any atom is -0.0884 e. The maximum atomic E-state index is 2.30. The van der Waals surface area contributed by atoms with Crippen molar-refractivity contribution in [3.8, 4) is 0 Å². The van der Waals surface area contributed by atoms with Crippen LogP contribution in [0.15, 0.2) is 95.6 Å². The van der Waals surface area contributed by atoms with E-state index < -0.39 is 0 Å². The lowest BCUT2D eigenvalue weighted by atomic mass is 9.90. The van der Waals surface area contributed by atoms with Gasteiger partial charge in [0, 0.05) is 11.1 Å². The smallest absolute Gasteiger partial charge is 0.0705 e. The van der Waals surface area contributed by atoms with E-state index in [-0.39, 0.29) is 0 Å². The second kappa shape index (κ2) is 10.6. The maximum Gasteiger partial charge on any atom is 0.0705 e. The highest BCUT2D eigenvalue weighted by atomic mass is 32.3. The lowest BCUT2D eigenvalue weighted by Gasteiger charge is -2.21. The van der Waals surface area contributed by atoms with Crippen molar-refractivity contribution in [1.29, 1.82) is 0 Å². The Morgan fingerprint density at radius 3 is 1.12 bits per heavy atom. The monoisotopic (exact) mass is 586 g/mol. The number of hydrogen-bond acceptors (Lipinski definition) is 8. The molecule has 0 aromatic heterocycles. The van der Waals surface area contributed by atoms with Crippen LogP contribution in [0.4, 0.5) is 0 Å². The normalized spacial score (nSPS) is 19.1. The summed E-state index contributed by atoms with van der Waals surface area (Å²) in [5.74, 6) is 0.